The summed E-state index contributed by atoms with van der Waals surface area (Å²) >= 11 is 1.16. The lowest BCUT2D eigenvalue weighted by atomic mass is 10.2. The number of anilines is 1. The van der Waals surface area contributed by atoms with Crippen molar-refractivity contribution in [2.75, 3.05) is 12.4 Å². The zero-order valence-electron chi connectivity index (χ0n) is 11.7. The maximum absolute atomic E-state index is 12.1. The van der Waals surface area contributed by atoms with E-state index in [-0.39, 0.29) is 12.3 Å². The molecule has 22 heavy (non-hydrogen) atoms. The molecule has 0 bridgehead atoms. The summed E-state index contributed by atoms with van der Waals surface area (Å²) in [6.07, 6.45) is 0.0997. The molecule has 0 fully saturated rings. The van der Waals surface area contributed by atoms with Gasteiger partial charge in [-0.2, -0.15) is 0 Å². The van der Waals surface area contributed by atoms with Crippen LogP contribution in [-0.2, 0) is 16.0 Å². The van der Waals surface area contributed by atoms with Crippen molar-refractivity contribution in [1.82, 2.24) is 5.16 Å². The second-order valence-electron chi connectivity index (χ2n) is 4.51. The molecular weight excluding hydrogens is 304 g/mol. The van der Waals surface area contributed by atoms with E-state index in [9.17, 15) is 9.59 Å². The molecule has 0 atom stereocenters. The van der Waals surface area contributed by atoms with Crippen molar-refractivity contribution in [3.05, 3.63) is 47.0 Å². The molecule has 1 amide bonds. The predicted octanol–water partition coefficient (Wildman–Crippen LogP) is 2.86. The largest absolute Gasteiger partial charge is 0.465 e. The normalized spacial score (nSPS) is 10.6. The standard InChI is InChI=1S/C15H12N2O4S/c1-20-15(19)12-6-7-14(22-12)16-13(18)8-10-9-4-2-3-5-11(9)21-17-10/h2-7H,8H2,1H3,(H,16,18). The number of amides is 1. The molecule has 7 heteroatoms. The molecule has 112 valence electrons. The Morgan fingerprint density at radius 1 is 1.27 bits per heavy atom. The Kier molecular flexibility index (Phi) is 3.88. The van der Waals surface area contributed by atoms with Crippen molar-refractivity contribution in [2.45, 2.75) is 6.42 Å². The van der Waals surface area contributed by atoms with Crippen LogP contribution in [0.1, 0.15) is 15.4 Å². The van der Waals surface area contributed by atoms with Crippen molar-refractivity contribution >= 4 is 39.2 Å². The van der Waals surface area contributed by atoms with Crippen molar-refractivity contribution in [3.63, 3.8) is 0 Å². The second kappa shape index (κ2) is 5.98. The van der Waals surface area contributed by atoms with Crippen molar-refractivity contribution in [2.24, 2.45) is 0 Å². The molecule has 0 radical (unpaired) electrons. The molecule has 0 aliphatic heterocycles. The van der Waals surface area contributed by atoms with Gasteiger partial charge in [0.15, 0.2) is 5.58 Å². The van der Waals surface area contributed by atoms with Gasteiger partial charge in [-0.05, 0) is 24.3 Å². The first kappa shape index (κ1) is 14.3. The van der Waals surface area contributed by atoms with Crippen LogP contribution in [0.15, 0.2) is 40.9 Å². The number of fused-ring (bicyclic) bond motifs is 1. The van der Waals surface area contributed by atoms with E-state index in [1.807, 2.05) is 18.2 Å². The minimum atomic E-state index is -0.423. The SMILES string of the molecule is COC(=O)c1ccc(NC(=O)Cc2noc3ccccc23)s1. The van der Waals surface area contributed by atoms with E-state index in [0.29, 0.717) is 21.2 Å². The number of hydrogen-bond donors (Lipinski definition) is 1. The fourth-order valence-electron chi connectivity index (χ4n) is 2.01. The van der Waals surface area contributed by atoms with E-state index < -0.39 is 5.97 Å². The molecule has 0 aliphatic rings. The third kappa shape index (κ3) is 2.84. The van der Waals surface area contributed by atoms with Gasteiger partial charge in [0.1, 0.15) is 10.6 Å². The molecule has 0 unspecified atom stereocenters. The van der Waals surface area contributed by atoms with Crippen LogP contribution in [-0.4, -0.2) is 24.1 Å². The third-order valence-corrected chi connectivity index (χ3v) is 4.02. The van der Waals surface area contributed by atoms with Gasteiger partial charge in [-0.1, -0.05) is 17.3 Å². The van der Waals surface area contributed by atoms with Gasteiger partial charge in [0.05, 0.1) is 18.5 Å². The first-order valence-corrected chi connectivity index (χ1v) is 7.30. The number of rotatable bonds is 4. The molecule has 3 aromatic rings. The number of benzene rings is 1. The van der Waals surface area contributed by atoms with Crippen molar-refractivity contribution < 1.29 is 18.8 Å². The summed E-state index contributed by atoms with van der Waals surface area (Å²) in [4.78, 5) is 23.9. The predicted molar refractivity (Wildman–Crippen MR) is 82.0 cm³/mol. The van der Waals surface area contributed by atoms with Gasteiger partial charge in [-0.3, -0.25) is 4.79 Å². The quantitative estimate of drug-likeness (QED) is 0.748. The number of esters is 1. The van der Waals surface area contributed by atoms with Crippen LogP contribution in [0.3, 0.4) is 0 Å². The Morgan fingerprint density at radius 2 is 2.09 bits per heavy atom. The summed E-state index contributed by atoms with van der Waals surface area (Å²) in [6, 6.07) is 10.6. The first-order chi connectivity index (χ1) is 10.7. The lowest BCUT2D eigenvalue weighted by molar-refractivity contribution is -0.115. The second-order valence-corrected chi connectivity index (χ2v) is 5.59. The number of methoxy groups -OCH3 is 1. The summed E-state index contributed by atoms with van der Waals surface area (Å²) in [5, 5.41) is 8.05. The van der Waals surface area contributed by atoms with Crippen LogP contribution in [0, 0.1) is 0 Å². The molecule has 1 N–H and O–H groups in total. The Bertz CT molecular complexity index is 837. The number of para-hydroxylation sites is 1. The topological polar surface area (TPSA) is 81.4 Å². The molecule has 0 saturated heterocycles. The van der Waals surface area contributed by atoms with Crippen LogP contribution in [0.25, 0.3) is 11.0 Å². The lowest BCUT2D eigenvalue weighted by Gasteiger charge is -2.00. The number of carbonyl (C=O) groups excluding carboxylic acids is 2. The molecule has 0 spiro atoms. The lowest BCUT2D eigenvalue weighted by Crippen LogP contribution is -2.13. The van der Waals surface area contributed by atoms with Gasteiger partial charge in [0.2, 0.25) is 5.91 Å². The third-order valence-electron chi connectivity index (χ3n) is 3.04. The van der Waals surface area contributed by atoms with E-state index >= 15 is 0 Å². The van der Waals surface area contributed by atoms with Gasteiger partial charge in [0, 0.05) is 5.39 Å². The van der Waals surface area contributed by atoms with Gasteiger partial charge in [0.25, 0.3) is 0 Å². The Labute approximate surface area is 129 Å². The number of thiophene rings is 1. The van der Waals surface area contributed by atoms with Crippen LogP contribution in [0.2, 0.25) is 0 Å². The van der Waals surface area contributed by atoms with Gasteiger partial charge >= 0.3 is 5.97 Å². The van der Waals surface area contributed by atoms with Crippen LogP contribution < -0.4 is 5.32 Å². The Balaban J connectivity index is 1.70. The molecule has 2 aromatic heterocycles. The fourth-order valence-corrected chi connectivity index (χ4v) is 2.86. The first-order valence-electron chi connectivity index (χ1n) is 6.48. The highest BCUT2D eigenvalue weighted by Crippen LogP contribution is 2.23. The highest BCUT2D eigenvalue weighted by molar-refractivity contribution is 7.18. The summed E-state index contributed by atoms with van der Waals surface area (Å²) in [5.74, 6) is -0.648. The minimum Gasteiger partial charge on any atom is -0.465 e. The number of nitrogens with one attached hydrogen (secondary N) is 1. The maximum atomic E-state index is 12.1. The zero-order chi connectivity index (χ0) is 15.5. The van der Waals surface area contributed by atoms with Crippen LogP contribution in [0.4, 0.5) is 5.00 Å². The molecule has 0 saturated carbocycles. The van der Waals surface area contributed by atoms with Crippen LogP contribution >= 0.6 is 11.3 Å². The monoisotopic (exact) mass is 316 g/mol. The van der Waals surface area contributed by atoms with Gasteiger partial charge in [-0.25, -0.2) is 4.79 Å². The number of carbonyl (C=O) groups is 2. The van der Waals surface area contributed by atoms with Crippen molar-refractivity contribution in [1.29, 1.82) is 0 Å². The summed E-state index contributed by atoms with van der Waals surface area (Å²) < 4.78 is 9.79. The summed E-state index contributed by atoms with van der Waals surface area (Å²) in [5.41, 5.74) is 1.23. The van der Waals surface area contributed by atoms with E-state index in [4.69, 9.17) is 4.52 Å². The molecule has 0 aliphatic carbocycles. The molecular formula is C15H12N2O4S. The maximum Gasteiger partial charge on any atom is 0.348 e. The highest BCUT2D eigenvalue weighted by Gasteiger charge is 2.14. The van der Waals surface area contributed by atoms with Crippen LogP contribution in [0.5, 0.6) is 0 Å². The number of ether oxygens (including phenoxy) is 1. The number of hydrogen-bond acceptors (Lipinski definition) is 6. The summed E-state index contributed by atoms with van der Waals surface area (Å²) in [6.45, 7) is 0. The smallest absolute Gasteiger partial charge is 0.348 e. The highest BCUT2D eigenvalue weighted by atomic mass is 32.1. The summed E-state index contributed by atoms with van der Waals surface area (Å²) in [7, 11) is 1.32. The fraction of sp³-hybridized carbons (Fsp3) is 0.133. The van der Waals surface area contributed by atoms with Gasteiger partial charge < -0.3 is 14.6 Å². The zero-order valence-corrected chi connectivity index (χ0v) is 12.5. The molecule has 6 nitrogen and oxygen atoms in total. The minimum absolute atomic E-state index is 0.0997. The van der Waals surface area contributed by atoms with E-state index in [1.54, 1.807) is 18.2 Å². The molecule has 2 heterocycles. The van der Waals surface area contributed by atoms with Crippen molar-refractivity contribution in [3.8, 4) is 0 Å². The van der Waals surface area contributed by atoms with Gasteiger partial charge in [-0.15, -0.1) is 11.3 Å². The molecule has 3 rings (SSSR count). The number of nitrogens with zero attached hydrogens (tertiary/aromatic N) is 1. The molecule has 1 aromatic carbocycles. The number of aromatic nitrogens is 1. The van der Waals surface area contributed by atoms with E-state index in [2.05, 4.69) is 15.2 Å². The Morgan fingerprint density at radius 3 is 2.91 bits per heavy atom. The average Bonchev–Trinajstić information content (AvgIpc) is 3.14. The average molecular weight is 316 g/mol. The Hall–Kier alpha value is -2.67. The van der Waals surface area contributed by atoms with E-state index in [0.717, 1.165) is 16.7 Å². The van der Waals surface area contributed by atoms with E-state index in [1.165, 1.54) is 7.11 Å².